The molecule has 2 saturated carbocycles. The number of nitrogens with one attached hydrogen (secondary N) is 3. The van der Waals surface area contributed by atoms with E-state index in [1.54, 1.807) is 30.5 Å². The van der Waals surface area contributed by atoms with E-state index < -0.39 is 46.2 Å². The largest absolute Gasteiger partial charge is 0.489 e. The number of hydrogen-bond acceptors (Lipinski definition) is 11. The standard InChI is InChI=1S/C50H65ClN8O7/c1-48(2,3)42(45(64)59-29-36(60)24-39(59)44(63)54-27-31-8-10-32(11-9-31)33-12-13-33)55-41(61)30-65-23-22-57-18-20-58(21-19-57)40-17-15-35(28-53-40)43(62)56-46-49(4,5)47(50(46,6)7)66-37-16-14-34(26-52)38(51)25-37/h8-11,14-17,25,28,33,36,39,42,46-47,60H,12-13,18-24,27,29-30H2,1-7H3,(H,54,63)(H,55,61)(H,56,62)/t36-,39+,42-,46-,47-/m1/s1. The summed E-state index contributed by atoms with van der Waals surface area (Å²) in [6, 6.07) is 17.0. The van der Waals surface area contributed by atoms with Gasteiger partial charge in [-0.25, -0.2) is 4.98 Å². The number of ether oxygens (including phenoxy) is 2. The Morgan fingerprint density at radius 2 is 1.68 bits per heavy atom. The molecular formula is C50H65ClN8O7. The lowest BCUT2D eigenvalue weighted by molar-refractivity contribution is -0.164. The number of nitrogens with zero attached hydrogens (tertiary/aromatic N) is 5. The van der Waals surface area contributed by atoms with E-state index in [2.05, 4.69) is 76.6 Å². The van der Waals surface area contributed by atoms with Crippen LogP contribution in [0.1, 0.15) is 101 Å². The van der Waals surface area contributed by atoms with Crippen molar-refractivity contribution in [2.24, 2.45) is 16.2 Å². The van der Waals surface area contributed by atoms with Crippen molar-refractivity contribution in [2.45, 2.75) is 111 Å². The molecule has 2 aromatic carbocycles. The number of piperazine rings is 1. The first kappa shape index (κ1) is 48.7. The minimum Gasteiger partial charge on any atom is -0.489 e. The third-order valence-corrected chi connectivity index (χ3v) is 14.0. The first-order valence-electron chi connectivity index (χ1n) is 23.1. The van der Waals surface area contributed by atoms with Crippen molar-refractivity contribution in [3.8, 4) is 11.8 Å². The molecule has 2 aliphatic carbocycles. The fourth-order valence-electron chi connectivity index (χ4n) is 10.0. The van der Waals surface area contributed by atoms with Crippen LogP contribution in [0.15, 0.2) is 60.8 Å². The Labute approximate surface area is 393 Å². The summed E-state index contributed by atoms with van der Waals surface area (Å²) in [5, 5.41) is 29.1. The molecule has 2 saturated heterocycles. The lowest BCUT2D eigenvalue weighted by atomic mass is 9.49. The van der Waals surface area contributed by atoms with Crippen LogP contribution in [0.4, 0.5) is 5.82 Å². The molecule has 15 nitrogen and oxygen atoms in total. The number of carbonyl (C=O) groups is 4. The zero-order valence-electron chi connectivity index (χ0n) is 39.2. The van der Waals surface area contributed by atoms with Gasteiger partial charge in [-0.2, -0.15) is 5.26 Å². The van der Waals surface area contributed by atoms with E-state index in [1.807, 2.05) is 39.0 Å². The third kappa shape index (κ3) is 11.1. The number of hydrogen-bond donors (Lipinski definition) is 4. The van der Waals surface area contributed by atoms with Crippen molar-refractivity contribution in [3.63, 3.8) is 0 Å². The molecule has 66 heavy (non-hydrogen) atoms. The number of β-amino-alcohol motifs (C(OH)–C–C–N with tert-alkyl or cyclic N) is 1. The van der Waals surface area contributed by atoms with Crippen molar-refractivity contribution in [3.05, 3.63) is 88.1 Å². The van der Waals surface area contributed by atoms with Crippen LogP contribution in [0.3, 0.4) is 0 Å². The minimum atomic E-state index is -0.938. The smallest absolute Gasteiger partial charge is 0.253 e. The molecule has 0 spiro atoms. The molecule has 354 valence electrons. The average molecular weight is 926 g/mol. The van der Waals surface area contributed by atoms with E-state index in [1.165, 1.54) is 23.3 Å². The molecule has 0 unspecified atom stereocenters. The van der Waals surface area contributed by atoms with Crippen LogP contribution >= 0.6 is 11.6 Å². The average Bonchev–Trinajstić information content (AvgIpc) is 4.07. The Morgan fingerprint density at radius 1 is 0.985 bits per heavy atom. The maximum Gasteiger partial charge on any atom is 0.253 e. The van der Waals surface area contributed by atoms with Crippen LogP contribution in [0, 0.1) is 27.6 Å². The number of nitriles is 1. The predicted molar refractivity (Wildman–Crippen MR) is 251 cm³/mol. The molecule has 2 aliphatic heterocycles. The molecule has 0 bridgehead atoms. The molecule has 3 aromatic rings. The fraction of sp³-hybridized carbons (Fsp3) is 0.560. The van der Waals surface area contributed by atoms with Gasteiger partial charge in [0, 0.05) is 81.4 Å². The molecule has 1 aromatic heterocycles. The van der Waals surface area contributed by atoms with Crippen molar-refractivity contribution in [1.82, 2.24) is 30.7 Å². The summed E-state index contributed by atoms with van der Waals surface area (Å²) in [5.41, 5.74) is 1.66. The number of halogens is 1. The molecular weight excluding hydrogens is 860 g/mol. The van der Waals surface area contributed by atoms with Gasteiger partial charge in [0.2, 0.25) is 17.7 Å². The SMILES string of the molecule is CC(C)(C)[C@H](NC(=O)COCCN1CCN(c2ccc(C(=O)N[C@H]3C(C)(C)[C@H](Oc4ccc(C#N)c(Cl)c4)C3(C)C)cn2)CC1)C(=O)N1C[C@H](O)C[C@H]1C(=O)NCc1ccc(C2CC2)cc1. The number of pyridine rings is 1. The number of carbonyl (C=O) groups excluding carboxylic acids is 4. The Morgan fingerprint density at radius 3 is 2.29 bits per heavy atom. The topological polar surface area (TPSA) is 189 Å². The minimum absolute atomic E-state index is 0.00762. The first-order chi connectivity index (χ1) is 31.3. The van der Waals surface area contributed by atoms with Crippen molar-refractivity contribution < 1.29 is 33.8 Å². The summed E-state index contributed by atoms with van der Waals surface area (Å²) in [6.45, 7) is 17.8. The Hall–Kier alpha value is -5.27. The maximum absolute atomic E-state index is 14.0. The molecule has 16 heteroatoms. The summed E-state index contributed by atoms with van der Waals surface area (Å²) < 4.78 is 12.1. The van der Waals surface area contributed by atoms with Crippen LogP contribution in [-0.4, -0.2) is 126 Å². The number of amides is 4. The monoisotopic (exact) mass is 924 g/mol. The molecule has 3 heterocycles. The molecule has 4 N–H and O–H groups in total. The summed E-state index contributed by atoms with van der Waals surface area (Å²) in [7, 11) is 0. The predicted octanol–water partition coefficient (Wildman–Crippen LogP) is 5.04. The van der Waals surface area contributed by atoms with Gasteiger partial charge in [0.1, 0.15) is 42.4 Å². The van der Waals surface area contributed by atoms with Crippen LogP contribution in [0.25, 0.3) is 0 Å². The highest BCUT2D eigenvalue weighted by Crippen LogP contribution is 2.55. The lowest BCUT2D eigenvalue weighted by Gasteiger charge is -2.63. The van der Waals surface area contributed by atoms with E-state index in [0.29, 0.717) is 47.5 Å². The van der Waals surface area contributed by atoms with E-state index in [0.717, 1.165) is 37.6 Å². The second-order valence-electron chi connectivity index (χ2n) is 20.6. The van der Waals surface area contributed by atoms with Crippen molar-refractivity contribution in [1.29, 1.82) is 5.26 Å². The van der Waals surface area contributed by atoms with Crippen LogP contribution in [0.5, 0.6) is 5.75 Å². The van der Waals surface area contributed by atoms with Gasteiger partial charge in [-0.15, -0.1) is 0 Å². The van der Waals surface area contributed by atoms with Gasteiger partial charge in [0.25, 0.3) is 5.91 Å². The Bertz CT molecular complexity index is 2260. The Kier molecular flexibility index (Phi) is 14.7. The zero-order valence-corrected chi connectivity index (χ0v) is 40.0. The number of rotatable bonds is 16. The quantitative estimate of drug-likeness (QED) is 0.141. The molecule has 7 rings (SSSR count). The number of anilines is 1. The zero-order chi connectivity index (χ0) is 47.6. The van der Waals surface area contributed by atoms with E-state index in [-0.39, 0.29) is 43.5 Å². The highest BCUT2D eigenvalue weighted by molar-refractivity contribution is 6.31. The van der Waals surface area contributed by atoms with Gasteiger partial charge >= 0.3 is 0 Å². The highest BCUT2D eigenvalue weighted by atomic mass is 35.5. The molecule has 0 radical (unpaired) electrons. The van der Waals surface area contributed by atoms with Crippen LogP contribution < -0.4 is 25.6 Å². The van der Waals surface area contributed by atoms with E-state index >= 15 is 0 Å². The molecule has 4 aliphatic rings. The normalized spacial score (nSPS) is 23.0. The maximum atomic E-state index is 14.0. The fourth-order valence-corrected chi connectivity index (χ4v) is 10.2. The first-order valence-corrected chi connectivity index (χ1v) is 23.5. The van der Waals surface area contributed by atoms with Crippen LogP contribution in [0.2, 0.25) is 5.02 Å². The van der Waals surface area contributed by atoms with Gasteiger partial charge < -0.3 is 40.3 Å². The second-order valence-corrected chi connectivity index (χ2v) is 21.0. The number of aliphatic hydroxyl groups is 1. The third-order valence-electron chi connectivity index (χ3n) is 13.7. The molecule has 4 amide bonds. The van der Waals surface area contributed by atoms with Gasteiger partial charge in [0.05, 0.1) is 28.9 Å². The van der Waals surface area contributed by atoms with Gasteiger partial charge in [-0.3, -0.25) is 24.1 Å². The van der Waals surface area contributed by atoms with Crippen molar-refractivity contribution >= 4 is 41.0 Å². The number of likely N-dealkylation sites (tertiary alicyclic amines) is 1. The Balaban J connectivity index is 0.820. The number of aliphatic hydroxyl groups excluding tert-OH is 1. The highest BCUT2D eigenvalue weighted by Gasteiger charge is 2.64. The van der Waals surface area contributed by atoms with E-state index in [4.69, 9.17) is 21.1 Å². The summed E-state index contributed by atoms with van der Waals surface area (Å²) in [6.07, 6.45) is 3.11. The molecule has 3 atom stereocenters. The lowest BCUT2D eigenvalue weighted by Crippen LogP contribution is -2.74. The molecule has 4 fully saturated rings. The van der Waals surface area contributed by atoms with Gasteiger partial charge in [0.15, 0.2) is 0 Å². The summed E-state index contributed by atoms with van der Waals surface area (Å²) in [4.78, 5) is 64.5. The van der Waals surface area contributed by atoms with Crippen LogP contribution in [-0.2, 0) is 25.7 Å². The van der Waals surface area contributed by atoms with Crippen molar-refractivity contribution in [2.75, 3.05) is 57.4 Å². The summed E-state index contributed by atoms with van der Waals surface area (Å²) in [5.74, 6) is 0.608. The number of aromatic nitrogens is 1. The van der Waals surface area contributed by atoms with Gasteiger partial charge in [-0.1, -0.05) is 84.3 Å². The number of benzene rings is 2. The van der Waals surface area contributed by atoms with E-state index in [9.17, 15) is 29.5 Å². The summed E-state index contributed by atoms with van der Waals surface area (Å²) >= 11 is 6.25. The second kappa shape index (κ2) is 19.9. The van der Waals surface area contributed by atoms with Gasteiger partial charge in [-0.05, 0) is 59.6 Å².